The first-order valence-electron chi connectivity index (χ1n) is 10.1. The molecule has 0 aliphatic heterocycles. The van der Waals surface area contributed by atoms with Gasteiger partial charge < -0.3 is 14.8 Å². The Bertz CT molecular complexity index is 786. The molecule has 2 atom stereocenters. The standard InChI is InChI=1S/C24H29NO4/c1-3-29-24(28)18(2)16-22(25-23(27)10-7-15-26)17-19-11-13-21(14-12-19)20-8-5-4-6-9-20/h4-6,8-9,11-15,18,22H,3,7,10,16-17H2,1-2H3,(H,25,27)/t18?,22-/m0/s1. The van der Waals surface area contributed by atoms with Gasteiger partial charge in [0.1, 0.15) is 6.29 Å². The van der Waals surface area contributed by atoms with Gasteiger partial charge in [0.25, 0.3) is 0 Å². The Morgan fingerprint density at radius 2 is 1.69 bits per heavy atom. The highest BCUT2D eigenvalue weighted by Gasteiger charge is 2.21. The molecule has 0 saturated heterocycles. The Hall–Kier alpha value is -2.95. The second-order valence-corrected chi connectivity index (χ2v) is 7.13. The zero-order valence-electron chi connectivity index (χ0n) is 17.1. The summed E-state index contributed by atoms with van der Waals surface area (Å²) in [5, 5.41) is 2.97. The number of carbonyl (C=O) groups is 3. The van der Waals surface area contributed by atoms with E-state index >= 15 is 0 Å². The summed E-state index contributed by atoms with van der Waals surface area (Å²) < 4.78 is 5.09. The average Bonchev–Trinajstić information content (AvgIpc) is 2.73. The van der Waals surface area contributed by atoms with Gasteiger partial charge >= 0.3 is 5.97 Å². The predicted octanol–water partition coefficient (Wildman–Crippen LogP) is 3.95. The summed E-state index contributed by atoms with van der Waals surface area (Å²) in [5.74, 6) is -0.770. The minimum atomic E-state index is -0.324. The molecule has 0 aliphatic rings. The molecule has 29 heavy (non-hydrogen) atoms. The zero-order chi connectivity index (χ0) is 21.1. The Balaban J connectivity index is 2.07. The first-order chi connectivity index (χ1) is 14.0. The molecule has 2 aromatic carbocycles. The molecule has 1 unspecified atom stereocenters. The van der Waals surface area contributed by atoms with Crippen LogP contribution in [-0.4, -0.2) is 30.8 Å². The van der Waals surface area contributed by atoms with Crippen LogP contribution in [0.4, 0.5) is 0 Å². The number of hydrogen-bond donors (Lipinski definition) is 1. The van der Waals surface area contributed by atoms with E-state index in [-0.39, 0.29) is 36.7 Å². The van der Waals surface area contributed by atoms with Crippen LogP contribution in [0.15, 0.2) is 54.6 Å². The van der Waals surface area contributed by atoms with Crippen LogP contribution in [0.2, 0.25) is 0 Å². The maximum atomic E-state index is 12.1. The van der Waals surface area contributed by atoms with Crippen molar-refractivity contribution in [3.05, 3.63) is 60.2 Å². The molecule has 0 fully saturated rings. The molecule has 1 amide bonds. The fraction of sp³-hybridized carbons (Fsp3) is 0.375. The van der Waals surface area contributed by atoms with Crippen LogP contribution in [0, 0.1) is 5.92 Å². The van der Waals surface area contributed by atoms with Crippen LogP contribution in [0.25, 0.3) is 11.1 Å². The molecule has 2 rings (SSSR count). The van der Waals surface area contributed by atoms with Gasteiger partial charge in [-0.3, -0.25) is 9.59 Å². The van der Waals surface area contributed by atoms with E-state index in [1.807, 2.05) is 30.3 Å². The number of esters is 1. The number of amides is 1. The summed E-state index contributed by atoms with van der Waals surface area (Å²) in [6.07, 6.45) is 2.16. The minimum Gasteiger partial charge on any atom is -0.466 e. The third kappa shape index (κ3) is 7.53. The maximum absolute atomic E-state index is 12.1. The smallest absolute Gasteiger partial charge is 0.308 e. The summed E-state index contributed by atoms with van der Waals surface area (Å²) in [6, 6.07) is 18.1. The molecule has 154 valence electrons. The van der Waals surface area contributed by atoms with Crippen molar-refractivity contribution in [1.82, 2.24) is 5.32 Å². The van der Waals surface area contributed by atoms with Crippen molar-refractivity contribution >= 4 is 18.2 Å². The van der Waals surface area contributed by atoms with Crippen molar-refractivity contribution < 1.29 is 19.1 Å². The van der Waals surface area contributed by atoms with Gasteiger partial charge in [-0.1, -0.05) is 61.5 Å². The molecule has 5 nitrogen and oxygen atoms in total. The number of carbonyl (C=O) groups excluding carboxylic acids is 3. The fourth-order valence-corrected chi connectivity index (χ4v) is 3.24. The van der Waals surface area contributed by atoms with Crippen LogP contribution >= 0.6 is 0 Å². The predicted molar refractivity (Wildman–Crippen MR) is 113 cm³/mol. The van der Waals surface area contributed by atoms with Crippen molar-refractivity contribution in [2.75, 3.05) is 6.61 Å². The third-order valence-electron chi connectivity index (χ3n) is 4.72. The van der Waals surface area contributed by atoms with Crippen molar-refractivity contribution in [2.24, 2.45) is 5.92 Å². The van der Waals surface area contributed by atoms with E-state index in [4.69, 9.17) is 4.74 Å². The summed E-state index contributed by atoms with van der Waals surface area (Å²) >= 11 is 0. The van der Waals surface area contributed by atoms with Crippen LogP contribution in [0.3, 0.4) is 0 Å². The first-order valence-corrected chi connectivity index (χ1v) is 10.1. The van der Waals surface area contributed by atoms with Crippen LogP contribution in [0.5, 0.6) is 0 Å². The van der Waals surface area contributed by atoms with E-state index in [0.29, 0.717) is 19.4 Å². The van der Waals surface area contributed by atoms with Gasteiger partial charge in [0, 0.05) is 18.9 Å². The minimum absolute atomic E-state index is 0.154. The SMILES string of the molecule is CCOC(=O)C(C)C[C@@H](Cc1ccc(-c2ccccc2)cc1)NC(=O)CCC=O. The number of aldehydes is 1. The van der Waals surface area contributed by atoms with Gasteiger partial charge in [-0.15, -0.1) is 0 Å². The lowest BCUT2D eigenvalue weighted by Crippen LogP contribution is -2.38. The molecule has 0 aromatic heterocycles. The topological polar surface area (TPSA) is 72.5 Å². The van der Waals surface area contributed by atoms with E-state index in [0.717, 1.165) is 23.0 Å². The number of hydrogen-bond acceptors (Lipinski definition) is 4. The normalized spacial score (nSPS) is 12.6. The van der Waals surface area contributed by atoms with E-state index in [2.05, 4.69) is 29.6 Å². The molecule has 0 spiro atoms. The summed E-state index contributed by atoms with van der Waals surface area (Å²) in [7, 11) is 0. The van der Waals surface area contributed by atoms with Crippen molar-refractivity contribution in [3.8, 4) is 11.1 Å². The Morgan fingerprint density at radius 3 is 2.31 bits per heavy atom. The largest absolute Gasteiger partial charge is 0.466 e. The second kappa shape index (κ2) is 11.8. The lowest BCUT2D eigenvalue weighted by Gasteiger charge is -2.22. The molecule has 0 aliphatic carbocycles. The average molecular weight is 395 g/mol. The number of ether oxygens (including phenoxy) is 1. The van der Waals surface area contributed by atoms with Crippen molar-refractivity contribution in [1.29, 1.82) is 0 Å². The first kappa shape index (κ1) is 22.3. The highest BCUT2D eigenvalue weighted by atomic mass is 16.5. The number of benzene rings is 2. The molecule has 0 heterocycles. The van der Waals surface area contributed by atoms with Crippen molar-refractivity contribution in [2.45, 2.75) is 45.6 Å². The third-order valence-corrected chi connectivity index (χ3v) is 4.72. The lowest BCUT2D eigenvalue weighted by atomic mass is 9.94. The monoisotopic (exact) mass is 395 g/mol. The van der Waals surface area contributed by atoms with Gasteiger partial charge in [-0.2, -0.15) is 0 Å². The van der Waals surface area contributed by atoms with E-state index in [1.54, 1.807) is 13.8 Å². The van der Waals surface area contributed by atoms with E-state index in [1.165, 1.54) is 0 Å². The van der Waals surface area contributed by atoms with Gasteiger partial charge in [-0.25, -0.2) is 0 Å². The number of nitrogens with one attached hydrogen (secondary N) is 1. The van der Waals surface area contributed by atoms with Crippen molar-refractivity contribution in [3.63, 3.8) is 0 Å². The van der Waals surface area contributed by atoms with Gasteiger partial charge in [0.05, 0.1) is 12.5 Å². The second-order valence-electron chi connectivity index (χ2n) is 7.13. The highest BCUT2D eigenvalue weighted by molar-refractivity contribution is 5.78. The zero-order valence-corrected chi connectivity index (χ0v) is 17.1. The Morgan fingerprint density at radius 1 is 1.03 bits per heavy atom. The molecule has 1 N–H and O–H groups in total. The summed E-state index contributed by atoms with van der Waals surface area (Å²) in [4.78, 5) is 34.7. The van der Waals surface area contributed by atoms with E-state index < -0.39 is 0 Å². The van der Waals surface area contributed by atoms with Gasteiger partial charge in [-0.05, 0) is 36.5 Å². The number of rotatable bonds is 11. The van der Waals surface area contributed by atoms with Gasteiger partial charge in [0.15, 0.2) is 0 Å². The molecule has 5 heteroatoms. The van der Waals surface area contributed by atoms with Crippen LogP contribution in [0.1, 0.15) is 38.7 Å². The summed E-state index contributed by atoms with van der Waals surface area (Å²) in [6.45, 7) is 3.92. The summed E-state index contributed by atoms with van der Waals surface area (Å²) in [5.41, 5.74) is 3.34. The lowest BCUT2D eigenvalue weighted by molar-refractivity contribution is -0.148. The molecular formula is C24H29NO4. The van der Waals surface area contributed by atoms with Crippen LogP contribution in [-0.2, 0) is 25.5 Å². The maximum Gasteiger partial charge on any atom is 0.308 e. The molecule has 0 radical (unpaired) electrons. The Kier molecular flexibility index (Phi) is 9.09. The quantitative estimate of drug-likeness (QED) is 0.462. The van der Waals surface area contributed by atoms with Gasteiger partial charge in [0.2, 0.25) is 5.91 Å². The van der Waals surface area contributed by atoms with Crippen LogP contribution < -0.4 is 5.32 Å². The fourth-order valence-electron chi connectivity index (χ4n) is 3.24. The van der Waals surface area contributed by atoms with E-state index in [9.17, 15) is 14.4 Å². The molecule has 0 saturated carbocycles. The Labute approximate surface area is 172 Å². The highest BCUT2D eigenvalue weighted by Crippen LogP contribution is 2.21. The molecular weight excluding hydrogens is 366 g/mol. The molecule has 2 aromatic rings. The molecule has 0 bridgehead atoms.